The van der Waals surface area contributed by atoms with Crippen molar-refractivity contribution in [2.75, 3.05) is 13.1 Å². The summed E-state index contributed by atoms with van der Waals surface area (Å²) < 4.78 is 0. The zero-order valence-corrected chi connectivity index (χ0v) is 16.3. The van der Waals surface area contributed by atoms with Crippen LogP contribution in [0.3, 0.4) is 0 Å². The summed E-state index contributed by atoms with van der Waals surface area (Å²) in [5.74, 6) is 3.64. The van der Waals surface area contributed by atoms with Gasteiger partial charge in [0.25, 0.3) is 0 Å². The first-order chi connectivity index (χ1) is 12.0. The molecule has 4 fully saturated rings. The van der Waals surface area contributed by atoms with Crippen molar-refractivity contribution >= 4 is 5.91 Å². The smallest absolute Gasteiger partial charge is 0.234 e. The average molecular weight is 345 g/mol. The summed E-state index contributed by atoms with van der Waals surface area (Å²) in [4.78, 5) is 12.3. The van der Waals surface area contributed by atoms with Crippen molar-refractivity contribution in [3.63, 3.8) is 0 Å². The van der Waals surface area contributed by atoms with Crippen molar-refractivity contribution in [3.05, 3.63) is 23.3 Å². The van der Waals surface area contributed by atoms with E-state index in [0.29, 0.717) is 12.6 Å². The molecule has 0 aromatic rings. The maximum atomic E-state index is 12.3. The Labute approximate surface area is 153 Å². The Bertz CT molecular complexity index is 502. The summed E-state index contributed by atoms with van der Waals surface area (Å²) >= 11 is 0. The minimum atomic E-state index is 0.188. The van der Waals surface area contributed by atoms with Gasteiger partial charge >= 0.3 is 0 Å². The second-order valence-corrected chi connectivity index (χ2v) is 9.03. The molecule has 140 valence electrons. The lowest BCUT2D eigenvalue weighted by atomic mass is 9.54. The van der Waals surface area contributed by atoms with Gasteiger partial charge in [0.15, 0.2) is 0 Å². The summed E-state index contributed by atoms with van der Waals surface area (Å²) in [6.07, 6.45) is 13.6. The molecule has 0 aliphatic heterocycles. The molecule has 4 aliphatic rings. The molecule has 4 aliphatic carbocycles. The van der Waals surface area contributed by atoms with Gasteiger partial charge < -0.3 is 10.6 Å². The first kappa shape index (κ1) is 18.7. The highest BCUT2D eigenvalue weighted by Gasteiger charge is 2.48. The van der Waals surface area contributed by atoms with Crippen LogP contribution in [0, 0.1) is 23.7 Å². The molecule has 0 spiro atoms. The summed E-state index contributed by atoms with van der Waals surface area (Å²) in [7, 11) is 0. The van der Waals surface area contributed by atoms with E-state index in [4.69, 9.17) is 0 Å². The van der Waals surface area contributed by atoms with Gasteiger partial charge in [-0.1, -0.05) is 23.3 Å². The van der Waals surface area contributed by atoms with Crippen LogP contribution in [0.25, 0.3) is 0 Å². The minimum absolute atomic E-state index is 0.188. The van der Waals surface area contributed by atoms with Crippen LogP contribution < -0.4 is 10.6 Å². The van der Waals surface area contributed by atoms with Crippen molar-refractivity contribution < 1.29 is 4.79 Å². The monoisotopic (exact) mass is 344 g/mol. The first-order valence-corrected chi connectivity index (χ1v) is 10.3. The van der Waals surface area contributed by atoms with Crippen LogP contribution in [-0.4, -0.2) is 25.0 Å². The van der Waals surface area contributed by atoms with E-state index in [1.165, 1.54) is 43.3 Å². The van der Waals surface area contributed by atoms with E-state index >= 15 is 0 Å². The fourth-order valence-electron chi connectivity index (χ4n) is 5.52. The fourth-order valence-corrected chi connectivity index (χ4v) is 5.52. The molecule has 2 N–H and O–H groups in total. The van der Waals surface area contributed by atoms with Crippen molar-refractivity contribution in [2.24, 2.45) is 23.7 Å². The minimum Gasteiger partial charge on any atom is -0.352 e. The molecule has 4 rings (SSSR count). The molecule has 0 radical (unpaired) electrons. The highest BCUT2D eigenvalue weighted by Crippen LogP contribution is 2.53. The molecule has 0 unspecified atom stereocenters. The number of rotatable bonds is 8. The van der Waals surface area contributed by atoms with Gasteiger partial charge in [-0.25, -0.2) is 0 Å². The Morgan fingerprint density at radius 3 is 2.20 bits per heavy atom. The standard InChI is InChI=1S/C22H36N2O/c1-15(2)5-4-6-16(3)7-8-23-14-21(25)24-22-19-10-17-9-18(12-19)13-20(22)11-17/h5,7,17-20,22-23H,4,6,8-14H2,1-3H3,(H,24,25)/b16-7+. The van der Waals surface area contributed by atoms with E-state index in [1.54, 1.807) is 0 Å². The normalized spacial score (nSPS) is 33.4. The Balaban J connectivity index is 1.34. The predicted octanol–water partition coefficient (Wildman–Crippen LogP) is 4.21. The van der Waals surface area contributed by atoms with Crippen LogP contribution >= 0.6 is 0 Å². The number of hydrogen-bond acceptors (Lipinski definition) is 2. The van der Waals surface area contributed by atoms with Gasteiger partial charge in [0.2, 0.25) is 5.91 Å². The molecule has 0 heterocycles. The van der Waals surface area contributed by atoms with Gasteiger partial charge in [0.05, 0.1) is 6.54 Å². The summed E-state index contributed by atoms with van der Waals surface area (Å²) in [6, 6.07) is 0.462. The number of carbonyl (C=O) groups is 1. The van der Waals surface area contributed by atoms with E-state index in [-0.39, 0.29) is 5.91 Å². The SMILES string of the molecule is CC(C)=CCC/C(C)=C/CNCC(=O)NC1C2CC3CC(C2)CC1C3. The van der Waals surface area contributed by atoms with Crippen LogP contribution in [0.4, 0.5) is 0 Å². The summed E-state index contributed by atoms with van der Waals surface area (Å²) in [6.45, 7) is 7.69. The van der Waals surface area contributed by atoms with E-state index < -0.39 is 0 Å². The Morgan fingerprint density at radius 2 is 1.60 bits per heavy atom. The molecular weight excluding hydrogens is 308 g/mol. The third-order valence-electron chi connectivity index (χ3n) is 6.53. The maximum absolute atomic E-state index is 12.3. The van der Waals surface area contributed by atoms with Gasteiger partial charge in [-0.05, 0) is 89.4 Å². The van der Waals surface area contributed by atoms with Crippen LogP contribution in [0.1, 0.15) is 65.7 Å². The van der Waals surface area contributed by atoms with Crippen molar-refractivity contribution in [2.45, 2.75) is 71.8 Å². The number of allylic oxidation sites excluding steroid dienone is 3. The molecule has 0 atom stereocenters. The highest BCUT2D eigenvalue weighted by atomic mass is 16.2. The molecule has 3 heteroatoms. The molecule has 4 saturated carbocycles. The molecule has 1 amide bonds. The van der Waals surface area contributed by atoms with Crippen LogP contribution in [0.15, 0.2) is 23.3 Å². The van der Waals surface area contributed by atoms with Gasteiger partial charge in [-0.15, -0.1) is 0 Å². The maximum Gasteiger partial charge on any atom is 0.234 e. The lowest BCUT2D eigenvalue weighted by molar-refractivity contribution is -0.124. The molecule has 4 bridgehead atoms. The molecular formula is C22H36N2O. The summed E-state index contributed by atoms with van der Waals surface area (Å²) in [5.41, 5.74) is 2.78. The van der Waals surface area contributed by atoms with Crippen molar-refractivity contribution in [1.82, 2.24) is 10.6 Å². The highest BCUT2D eigenvalue weighted by molar-refractivity contribution is 5.78. The number of hydrogen-bond donors (Lipinski definition) is 2. The van der Waals surface area contributed by atoms with Gasteiger partial charge in [-0.3, -0.25) is 4.79 Å². The van der Waals surface area contributed by atoms with Crippen molar-refractivity contribution in [3.8, 4) is 0 Å². The molecule has 25 heavy (non-hydrogen) atoms. The molecule has 0 aromatic carbocycles. The topological polar surface area (TPSA) is 41.1 Å². The molecule has 0 saturated heterocycles. The quantitative estimate of drug-likeness (QED) is 0.511. The lowest BCUT2D eigenvalue weighted by Crippen LogP contribution is -2.56. The predicted molar refractivity (Wildman–Crippen MR) is 104 cm³/mol. The van der Waals surface area contributed by atoms with Gasteiger partial charge in [0.1, 0.15) is 0 Å². The molecule has 0 aromatic heterocycles. The zero-order valence-electron chi connectivity index (χ0n) is 16.3. The average Bonchev–Trinajstić information content (AvgIpc) is 2.54. The number of nitrogens with one attached hydrogen (secondary N) is 2. The van der Waals surface area contributed by atoms with Gasteiger partial charge in [-0.2, -0.15) is 0 Å². The third-order valence-corrected chi connectivity index (χ3v) is 6.53. The summed E-state index contributed by atoms with van der Waals surface area (Å²) in [5, 5.41) is 6.65. The zero-order chi connectivity index (χ0) is 17.8. The van der Waals surface area contributed by atoms with Crippen molar-refractivity contribution in [1.29, 1.82) is 0 Å². The Kier molecular flexibility index (Phi) is 6.38. The van der Waals surface area contributed by atoms with E-state index in [9.17, 15) is 4.79 Å². The fraction of sp³-hybridized carbons (Fsp3) is 0.773. The molecule has 3 nitrogen and oxygen atoms in total. The number of carbonyl (C=O) groups excluding carboxylic acids is 1. The number of amides is 1. The second kappa shape index (κ2) is 8.53. The van der Waals surface area contributed by atoms with E-state index in [2.05, 4.69) is 43.6 Å². The first-order valence-electron chi connectivity index (χ1n) is 10.3. The van der Waals surface area contributed by atoms with Crippen LogP contribution in [0.5, 0.6) is 0 Å². The lowest BCUT2D eigenvalue weighted by Gasteiger charge is -2.54. The van der Waals surface area contributed by atoms with Crippen LogP contribution in [-0.2, 0) is 4.79 Å². The van der Waals surface area contributed by atoms with E-state index in [0.717, 1.165) is 43.1 Å². The Morgan fingerprint density at radius 1 is 0.960 bits per heavy atom. The van der Waals surface area contributed by atoms with E-state index in [1.807, 2.05) is 0 Å². The van der Waals surface area contributed by atoms with Gasteiger partial charge in [0, 0.05) is 12.6 Å². The third kappa shape index (κ3) is 5.20. The second-order valence-electron chi connectivity index (χ2n) is 9.03. The largest absolute Gasteiger partial charge is 0.352 e. The van der Waals surface area contributed by atoms with Crippen LogP contribution in [0.2, 0.25) is 0 Å². The Hall–Kier alpha value is -1.09.